The van der Waals surface area contributed by atoms with E-state index in [2.05, 4.69) is 5.10 Å². The van der Waals surface area contributed by atoms with Gasteiger partial charge in [0.05, 0.1) is 22.7 Å². The summed E-state index contributed by atoms with van der Waals surface area (Å²) in [4.78, 5) is 24.7. The summed E-state index contributed by atoms with van der Waals surface area (Å²) in [5, 5.41) is 3.68. The van der Waals surface area contributed by atoms with Gasteiger partial charge in [0.25, 0.3) is 5.56 Å². The molecular weight excluding hydrogens is 401 g/mol. The first kappa shape index (κ1) is 19.1. The van der Waals surface area contributed by atoms with Gasteiger partial charge in [0.1, 0.15) is 11.6 Å². The summed E-state index contributed by atoms with van der Waals surface area (Å²) in [5.74, 6) is -0.0797. The molecule has 0 spiro atoms. The van der Waals surface area contributed by atoms with E-state index < -0.39 is 15.4 Å². The highest BCUT2D eigenvalue weighted by Crippen LogP contribution is 2.29. The van der Waals surface area contributed by atoms with Gasteiger partial charge in [0.2, 0.25) is 0 Å². The van der Waals surface area contributed by atoms with E-state index in [0.29, 0.717) is 17.7 Å². The van der Waals surface area contributed by atoms with Crippen LogP contribution in [0.4, 0.5) is 0 Å². The van der Waals surface area contributed by atoms with Gasteiger partial charge in [0, 0.05) is 23.0 Å². The Kier molecular flexibility index (Phi) is 5.02. The van der Waals surface area contributed by atoms with Crippen LogP contribution in [0.25, 0.3) is 0 Å². The largest absolute Gasteiger partial charge is 0.344 e. The Hall–Kier alpha value is -1.64. The molecule has 2 aromatic heterocycles. The lowest BCUT2D eigenvalue weighted by Crippen LogP contribution is -2.27. The number of sulfone groups is 1. The van der Waals surface area contributed by atoms with Gasteiger partial charge in [-0.15, -0.1) is 0 Å². The zero-order chi connectivity index (χ0) is 19.2. The third-order valence-electron chi connectivity index (χ3n) is 4.59. The number of carbonyl (C=O) groups is 1. The summed E-state index contributed by atoms with van der Waals surface area (Å²) in [7, 11) is -3.04. The minimum Gasteiger partial charge on any atom is -0.344 e. The van der Waals surface area contributed by atoms with E-state index in [1.54, 1.807) is 13.0 Å². The first-order valence-electron chi connectivity index (χ1n) is 7.94. The van der Waals surface area contributed by atoms with Crippen molar-refractivity contribution in [3.05, 3.63) is 49.6 Å². The maximum absolute atomic E-state index is 12.7. The number of carbonyl (C=O) groups excluding carboxylic acids is 1. The van der Waals surface area contributed by atoms with Crippen LogP contribution in [0, 0.1) is 13.8 Å². The van der Waals surface area contributed by atoms with E-state index in [9.17, 15) is 18.0 Å². The van der Waals surface area contributed by atoms with Crippen LogP contribution in [0.15, 0.2) is 17.1 Å². The van der Waals surface area contributed by atoms with Crippen LogP contribution in [0.5, 0.6) is 0 Å². The van der Waals surface area contributed by atoms with Gasteiger partial charge in [0.15, 0.2) is 15.6 Å². The van der Waals surface area contributed by atoms with Crippen molar-refractivity contribution in [3.8, 4) is 0 Å². The Morgan fingerprint density at radius 2 is 2.04 bits per heavy atom. The predicted octanol–water partition coefficient (Wildman–Crippen LogP) is 2.21. The van der Waals surface area contributed by atoms with Crippen molar-refractivity contribution in [1.82, 2.24) is 14.3 Å². The molecule has 0 radical (unpaired) electrons. The lowest BCUT2D eigenvalue weighted by atomic mass is 10.1. The van der Waals surface area contributed by atoms with Gasteiger partial charge >= 0.3 is 0 Å². The van der Waals surface area contributed by atoms with Gasteiger partial charge < -0.3 is 4.57 Å². The molecule has 140 valence electrons. The topological polar surface area (TPSA) is 91.0 Å². The first-order chi connectivity index (χ1) is 12.1. The molecule has 0 bridgehead atoms. The predicted molar refractivity (Wildman–Crippen MR) is 99.1 cm³/mol. The highest BCUT2D eigenvalue weighted by atomic mass is 35.5. The average molecular weight is 418 g/mol. The van der Waals surface area contributed by atoms with Crippen LogP contribution >= 0.6 is 23.2 Å². The fourth-order valence-electron chi connectivity index (χ4n) is 3.38. The molecule has 3 rings (SSSR count). The highest BCUT2D eigenvalue weighted by Gasteiger charge is 2.31. The van der Waals surface area contributed by atoms with Crippen molar-refractivity contribution in [3.63, 3.8) is 0 Å². The van der Waals surface area contributed by atoms with Crippen molar-refractivity contribution in [2.45, 2.75) is 32.9 Å². The third-order valence-corrected chi connectivity index (χ3v) is 7.09. The molecule has 0 N–H and O–H groups in total. The van der Waals surface area contributed by atoms with Gasteiger partial charge in [-0.3, -0.25) is 9.59 Å². The molecule has 1 atom stereocenters. The first-order valence-corrected chi connectivity index (χ1v) is 10.5. The summed E-state index contributed by atoms with van der Waals surface area (Å²) in [6, 6.07) is 1.54. The Morgan fingerprint density at radius 3 is 2.65 bits per heavy atom. The van der Waals surface area contributed by atoms with Gasteiger partial charge in [-0.25, -0.2) is 13.1 Å². The van der Waals surface area contributed by atoms with Crippen LogP contribution in [0.2, 0.25) is 10.0 Å². The Morgan fingerprint density at radius 1 is 1.35 bits per heavy atom. The summed E-state index contributed by atoms with van der Waals surface area (Å²) in [5.41, 5.74) is 1.29. The highest BCUT2D eigenvalue weighted by molar-refractivity contribution is 7.91. The molecule has 10 heteroatoms. The molecule has 2 aromatic rings. The second-order valence-electron chi connectivity index (χ2n) is 6.40. The number of hydrogen-bond acceptors (Lipinski definition) is 5. The number of nitrogens with zero attached hydrogens (tertiary/aromatic N) is 3. The Balaban J connectivity index is 1.91. The molecular formula is C16H17Cl2N3O4S. The lowest BCUT2D eigenvalue weighted by molar-refractivity contribution is 0.0965. The second-order valence-corrected chi connectivity index (χ2v) is 9.42. The summed E-state index contributed by atoms with van der Waals surface area (Å²) < 4.78 is 26.4. The van der Waals surface area contributed by atoms with Gasteiger partial charge in [-0.1, -0.05) is 23.2 Å². The van der Waals surface area contributed by atoms with Crippen LogP contribution in [0.1, 0.15) is 34.2 Å². The maximum Gasteiger partial charge on any atom is 0.287 e. The van der Waals surface area contributed by atoms with Crippen LogP contribution in [0.3, 0.4) is 0 Å². The van der Waals surface area contributed by atoms with Crippen molar-refractivity contribution < 1.29 is 13.2 Å². The summed E-state index contributed by atoms with van der Waals surface area (Å²) in [6.45, 7) is 3.33. The molecule has 26 heavy (non-hydrogen) atoms. The average Bonchev–Trinajstić information content (AvgIpc) is 3.06. The minimum absolute atomic E-state index is 0.0287. The van der Waals surface area contributed by atoms with Crippen LogP contribution in [-0.2, 0) is 16.4 Å². The number of halogens is 2. The van der Waals surface area contributed by atoms with Crippen molar-refractivity contribution >= 4 is 38.8 Å². The Labute approximate surface area is 160 Å². The van der Waals surface area contributed by atoms with Crippen LogP contribution < -0.4 is 5.56 Å². The molecule has 1 aliphatic rings. The molecule has 7 nitrogen and oxygen atoms in total. The fourth-order valence-corrected chi connectivity index (χ4v) is 5.35. The number of hydrogen-bond donors (Lipinski definition) is 0. The second kappa shape index (κ2) is 6.83. The van der Waals surface area contributed by atoms with Gasteiger partial charge in [-0.2, -0.15) is 5.10 Å². The molecule has 0 amide bonds. The molecule has 0 saturated carbocycles. The zero-order valence-corrected chi connectivity index (χ0v) is 16.5. The number of aryl methyl sites for hydroxylation is 1. The molecule has 1 saturated heterocycles. The van der Waals surface area contributed by atoms with E-state index >= 15 is 0 Å². The normalized spacial score (nSPS) is 19.0. The van der Waals surface area contributed by atoms with E-state index in [1.165, 1.54) is 6.20 Å². The molecule has 0 aromatic carbocycles. The molecule has 0 aliphatic carbocycles. The SMILES string of the molecule is Cc1cc(C(=O)Cn2ncc(Cl)c(Cl)c2=O)c(C)n1C1CCS(=O)(=O)C1. The quantitative estimate of drug-likeness (QED) is 0.711. The van der Waals surface area contributed by atoms with E-state index in [-0.39, 0.29) is 39.9 Å². The van der Waals surface area contributed by atoms with Crippen molar-refractivity contribution in [1.29, 1.82) is 0 Å². The van der Waals surface area contributed by atoms with E-state index in [0.717, 1.165) is 10.4 Å². The third kappa shape index (κ3) is 3.45. The van der Waals surface area contributed by atoms with Crippen molar-refractivity contribution in [2.75, 3.05) is 11.5 Å². The monoisotopic (exact) mass is 417 g/mol. The summed E-state index contributed by atoms with van der Waals surface area (Å²) in [6.07, 6.45) is 1.74. The summed E-state index contributed by atoms with van der Waals surface area (Å²) >= 11 is 11.5. The molecule has 3 heterocycles. The maximum atomic E-state index is 12.7. The van der Waals surface area contributed by atoms with Crippen molar-refractivity contribution in [2.24, 2.45) is 0 Å². The smallest absolute Gasteiger partial charge is 0.287 e. The molecule has 1 fully saturated rings. The lowest BCUT2D eigenvalue weighted by Gasteiger charge is -2.16. The minimum atomic E-state index is -3.04. The van der Waals surface area contributed by atoms with Gasteiger partial charge in [-0.05, 0) is 26.3 Å². The Bertz CT molecular complexity index is 1060. The standard InChI is InChI=1S/C16H17Cl2N3O4S/c1-9-5-12(10(2)21(9)11-3-4-26(24,25)8-11)14(22)7-20-16(23)15(18)13(17)6-19-20/h5-6,11H,3-4,7-8H2,1-2H3. The number of rotatable bonds is 4. The van der Waals surface area contributed by atoms with E-state index in [4.69, 9.17) is 23.2 Å². The molecule has 1 aliphatic heterocycles. The van der Waals surface area contributed by atoms with Crippen LogP contribution in [-0.4, -0.2) is 40.1 Å². The fraction of sp³-hybridized carbons (Fsp3) is 0.438. The zero-order valence-electron chi connectivity index (χ0n) is 14.2. The number of ketones is 1. The van der Waals surface area contributed by atoms with E-state index in [1.807, 2.05) is 11.5 Å². The number of aromatic nitrogens is 3. The number of Topliss-reactive ketones (excluding diaryl/α,β-unsaturated/α-hetero) is 1. The molecule has 1 unspecified atom stereocenters.